The smallest absolute Gasteiger partial charge is 0.165 e. The Morgan fingerprint density at radius 2 is 1.32 bits per heavy atom. The zero-order valence-corrected chi connectivity index (χ0v) is 22.2. The molecular formula is C32H49FO. The van der Waals surface area contributed by atoms with E-state index < -0.39 is 0 Å². The van der Waals surface area contributed by atoms with E-state index in [1.54, 1.807) is 12.1 Å². The maximum absolute atomic E-state index is 14.6. The number of hydrogen-bond donors (Lipinski definition) is 0. The average molecular weight is 469 g/mol. The molecule has 1 unspecified atom stereocenters. The van der Waals surface area contributed by atoms with Crippen LogP contribution in [-0.2, 0) is 6.42 Å². The van der Waals surface area contributed by atoms with Gasteiger partial charge in [0.25, 0.3) is 0 Å². The van der Waals surface area contributed by atoms with Crippen molar-refractivity contribution in [2.75, 3.05) is 6.61 Å². The first-order valence-corrected chi connectivity index (χ1v) is 14.2. The summed E-state index contributed by atoms with van der Waals surface area (Å²) in [4.78, 5) is 0. The van der Waals surface area contributed by atoms with E-state index in [2.05, 4.69) is 45.0 Å². The van der Waals surface area contributed by atoms with Crippen LogP contribution in [0.3, 0.4) is 0 Å². The third-order valence-electron chi connectivity index (χ3n) is 7.08. The van der Waals surface area contributed by atoms with Gasteiger partial charge in [-0.05, 0) is 54.0 Å². The van der Waals surface area contributed by atoms with Gasteiger partial charge in [-0.1, -0.05) is 128 Å². The molecule has 1 atom stereocenters. The average Bonchev–Trinajstić information content (AvgIpc) is 2.86. The molecule has 0 heterocycles. The van der Waals surface area contributed by atoms with Gasteiger partial charge < -0.3 is 4.74 Å². The van der Waals surface area contributed by atoms with Crippen molar-refractivity contribution in [2.45, 2.75) is 117 Å². The van der Waals surface area contributed by atoms with Crippen LogP contribution in [0.1, 0.15) is 116 Å². The van der Waals surface area contributed by atoms with E-state index >= 15 is 0 Å². The first kappa shape index (κ1) is 28.4. The molecule has 0 amide bonds. The van der Waals surface area contributed by atoms with E-state index in [1.807, 2.05) is 6.07 Å². The zero-order valence-electron chi connectivity index (χ0n) is 22.2. The van der Waals surface area contributed by atoms with Crippen molar-refractivity contribution in [3.05, 3.63) is 53.8 Å². The topological polar surface area (TPSA) is 9.23 Å². The lowest BCUT2D eigenvalue weighted by Gasteiger charge is -2.10. The molecule has 0 aliphatic rings. The van der Waals surface area contributed by atoms with Crippen LogP contribution in [0.25, 0.3) is 11.1 Å². The van der Waals surface area contributed by atoms with Crippen molar-refractivity contribution in [3.8, 4) is 16.9 Å². The maximum Gasteiger partial charge on any atom is 0.165 e. The molecule has 0 bridgehead atoms. The summed E-state index contributed by atoms with van der Waals surface area (Å²) < 4.78 is 20.3. The Kier molecular flexibility index (Phi) is 14.7. The minimum absolute atomic E-state index is 0.266. The van der Waals surface area contributed by atoms with Crippen LogP contribution in [0.4, 0.5) is 4.39 Å². The van der Waals surface area contributed by atoms with E-state index in [0.717, 1.165) is 36.3 Å². The van der Waals surface area contributed by atoms with Gasteiger partial charge >= 0.3 is 0 Å². The van der Waals surface area contributed by atoms with Gasteiger partial charge in [0.05, 0.1) is 6.61 Å². The Balaban J connectivity index is 1.67. The Hall–Kier alpha value is -1.83. The fourth-order valence-corrected chi connectivity index (χ4v) is 4.46. The highest BCUT2D eigenvalue weighted by Crippen LogP contribution is 2.26. The molecule has 0 aliphatic heterocycles. The molecule has 0 aromatic heterocycles. The molecule has 0 N–H and O–H groups in total. The van der Waals surface area contributed by atoms with Gasteiger partial charge in [0, 0.05) is 0 Å². The highest BCUT2D eigenvalue weighted by molar-refractivity contribution is 5.64. The molecule has 0 saturated carbocycles. The van der Waals surface area contributed by atoms with Crippen LogP contribution >= 0.6 is 0 Å². The van der Waals surface area contributed by atoms with Crippen molar-refractivity contribution in [1.82, 2.24) is 0 Å². The molecule has 190 valence electrons. The molecule has 2 heteroatoms. The van der Waals surface area contributed by atoms with E-state index in [4.69, 9.17) is 4.74 Å². The SMILES string of the molecule is CCCCCCCCCCc1ccc(-c2ccc(OCCCCCCC(C)CC)c(F)c2)cc1. The fraction of sp³-hybridized carbons (Fsp3) is 0.625. The summed E-state index contributed by atoms with van der Waals surface area (Å²) in [5.74, 6) is 0.932. The van der Waals surface area contributed by atoms with Crippen LogP contribution in [0.5, 0.6) is 5.75 Å². The molecule has 0 fully saturated rings. The predicted molar refractivity (Wildman–Crippen MR) is 146 cm³/mol. The second-order valence-corrected chi connectivity index (χ2v) is 10.1. The first-order chi connectivity index (χ1) is 16.6. The largest absolute Gasteiger partial charge is 0.491 e. The quantitative estimate of drug-likeness (QED) is 0.186. The van der Waals surface area contributed by atoms with Crippen LogP contribution in [0, 0.1) is 11.7 Å². The zero-order chi connectivity index (χ0) is 24.4. The number of benzene rings is 2. The van der Waals surface area contributed by atoms with Gasteiger partial charge in [-0.15, -0.1) is 0 Å². The molecule has 1 nitrogen and oxygen atoms in total. The van der Waals surface area contributed by atoms with Gasteiger partial charge in [0.2, 0.25) is 0 Å². The summed E-state index contributed by atoms with van der Waals surface area (Å²) in [5.41, 5.74) is 3.35. The van der Waals surface area contributed by atoms with Crippen LogP contribution < -0.4 is 4.74 Å². The van der Waals surface area contributed by atoms with Crippen molar-refractivity contribution in [1.29, 1.82) is 0 Å². The molecule has 0 spiro atoms. The fourth-order valence-electron chi connectivity index (χ4n) is 4.46. The lowest BCUT2D eigenvalue weighted by Crippen LogP contribution is -2.00. The van der Waals surface area contributed by atoms with Gasteiger partial charge in [-0.3, -0.25) is 0 Å². The monoisotopic (exact) mass is 468 g/mol. The maximum atomic E-state index is 14.6. The summed E-state index contributed by atoms with van der Waals surface area (Å²) in [6.07, 6.45) is 19.2. The summed E-state index contributed by atoms with van der Waals surface area (Å²) in [7, 11) is 0. The third kappa shape index (κ3) is 11.5. The van der Waals surface area contributed by atoms with Crippen LogP contribution in [0.15, 0.2) is 42.5 Å². The second-order valence-electron chi connectivity index (χ2n) is 10.1. The van der Waals surface area contributed by atoms with Gasteiger partial charge in [-0.25, -0.2) is 4.39 Å². The highest BCUT2D eigenvalue weighted by Gasteiger charge is 2.07. The number of unbranched alkanes of at least 4 members (excludes halogenated alkanes) is 10. The van der Waals surface area contributed by atoms with Crippen molar-refractivity contribution in [2.24, 2.45) is 5.92 Å². The van der Waals surface area contributed by atoms with Gasteiger partial charge in [0.1, 0.15) is 0 Å². The molecular weight excluding hydrogens is 419 g/mol. The first-order valence-electron chi connectivity index (χ1n) is 14.2. The van der Waals surface area contributed by atoms with Crippen molar-refractivity contribution in [3.63, 3.8) is 0 Å². The second kappa shape index (κ2) is 17.6. The van der Waals surface area contributed by atoms with Gasteiger partial charge in [-0.2, -0.15) is 0 Å². The minimum Gasteiger partial charge on any atom is -0.491 e. The summed E-state index contributed by atoms with van der Waals surface area (Å²) >= 11 is 0. The van der Waals surface area contributed by atoms with Crippen LogP contribution in [-0.4, -0.2) is 6.61 Å². The number of ether oxygens (including phenoxy) is 1. The van der Waals surface area contributed by atoms with E-state index in [1.165, 1.54) is 82.6 Å². The Morgan fingerprint density at radius 1 is 0.706 bits per heavy atom. The van der Waals surface area contributed by atoms with E-state index in [9.17, 15) is 4.39 Å². The summed E-state index contributed by atoms with van der Waals surface area (Å²) in [6.45, 7) is 7.44. The third-order valence-corrected chi connectivity index (χ3v) is 7.08. The number of rotatable bonds is 19. The number of aryl methyl sites for hydroxylation is 1. The van der Waals surface area contributed by atoms with E-state index in [-0.39, 0.29) is 5.82 Å². The lowest BCUT2D eigenvalue weighted by atomic mass is 10.0. The molecule has 2 rings (SSSR count). The Labute approximate surface area is 209 Å². The Bertz CT molecular complexity index is 767. The molecule has 0 saturated heterocycles. The predicted octanol–water partition coefficient (Wildman–Crippen LogP) is 10.6. The molecule has 0 radical (unpaired) electrons. The lowest BCUT2D eigenvalue weighted by molar-refractivity contribution is 0.289. The number of halogens is 1. The molecule has 2 aromatic rings. The molecule has 0 aliphatic carbocycles. The number of hydrogen-bond acceptors (Lipinski definition) is 1. The normalized spacial score (nSPS) is 12.1. The summed E-state index contributed by atoms with van der Waals surface area (Å²) in [5, 5.41) is 0. The minimum atomic E-state index is -0.266. The van der Waals surface area contributed by atoms with Crippen molar-refractivity contribution < 1.29 is 9.13 Å². The van der Waals surface area contributed by atoms with Gasteiger partial charge in [0.15, 0.2) is 11.6 Å². The standard InChI is InChI=1S/C32H49FO/c1-4-6-7-8-9-10-11-15-18-28-19-21-29(22-20-28)30-23-24-32(31(33)26-30)34-25-16-13-12-14-17-27(3)5-2/h19-24,26-27H,4-18,25H2,1-3H3. The molecule has 2 aromatic carbocycles. The Morgan fingerprint density at radius 3 is 2.00 bits per heavy atom. The molecule has 34 heavy (non-hydrogen) atoms. The van der Waals surface area contributed by atoms with E-state index in [0.29, 0.717) is 12.4 Å². The summed E-state index contributed by atoms with van der Waals surface area (Å²) in [6, 6.07) is 14.0. The van der Waals surface area contributed by atoms with Crippen LogP contribution in [0.2, 0.25) is 0 Å². The highest BCUT2D eigenvalue weighted by atomic mass is 19.1. The van der Waals surface area contributed by atoms with Crippen molar-refractivity contribution >= 4 is 0 Å².